The zero-order chi connectivity index (χ0) is 12.8. The molecule has 7 heteroatoms. The Labute approximate surface area is 105 Å². The summed E-state index contributed by atoms with van der Waals surface area (Å²) in [6, 6.07) is 3.42. The van der Waals surface area contributed by atoms with Gasteiger partial charge in [0.15, 0.2) is 0 Å². The number of rotatable bonds is 5. The topological polar surface area (TPSA) is 89.3 Å². The lowest BCUT2D eigenvalue weighted by molar-refractivity contribution is -0.385. The zero-order valence-corrected chi connectivity index (χ0v) is 9.96. The third kappa shape index (κ3) is 3.64. The minimum absolute atomic E-state index is 0.00268. The summed E-state index contributed by atoms with van der Waals surface area (Å²) < 4.78 is 5.35. The van der Waals surface area contributed by atoms with Crippen LogP contribution in [0.25, 0.3) is 0 Å². The van der Waals surface area contributed by atoms with Crippen LogP contribution in [0, 0.1) is 10.1 Å². The quantitative estimate of drug-likeness (QED) is 0.594. The molecule has 1 aromatic rings. The number of hydrogen-bond donors (Lipinski definition) is 2. The first kappa shape index (κ1) is 12.7. The molecule has 98 valence electrons. The first-order chi connectivity index (χ1) is 8.75. The average molecular weight is 252 g/mol. The van der Waals surface area contributed by atoms with Crippen molar-refractivity contribution in [3.8, 4) is 0 Å². The van der Waals surface area contributed by atoms with E-state index in [0.29, 0.717) is 11.9 Å². The van der Waals surface area contributed by atoms with Gasteiger partial charge in [-0.25, -0.2) is 4.98 Å². The van der Waals surface area contributed by atoms with Gasteiger partial charge in [-0.3, -0.25) is 10.1 Å². The van der Waals surface area contributed by atoms with Crippen molar-refractivity contribution in [2.75, 3.05) is 31.6 Å². The Kier molecular flexibility index (Phi) is 4.43. The van der Waals surface area contributed by atoms with Crippen molar-refractivity contribution in [2.45, 2.75) is 12.5 Å². The Morgan fingerprint density at radius 2 is 2.50 bits per heavy atom. The van der Waals surface area contributed by atoms with Crippen molar-refractivity contribution in [3.63, 3.8) is 0 Å². The molecule has 0 spiro atoms. The SMILES string of the molecule is O=[N+]([O-])c1ccc(NCCC2COCCN2)nc1. The van der Waals surface area contributed by atoms with Crippen LogP contribution in [0.3, 0.4) is 0 Å². The van der Waals surface area contributed by atoms with E-state index in [1.165, 1.54) is 12.3 Å². The highest BCUT2D eigenvalue weighted by atomic mass is 16.6. The molecule has 7 nitrogen and oxygen atoms in total. The van der Waals surface area contributed by atoms with Gasteiger partial charge in [0.05, 0.1) is 18.1 Å². The van der Waals surface area contributed by atoms with Crippen LogP contribution in [0.15, 0.2) is 18.3 Å². The molecule has 2 heterocycles. The Morgan fingerprint density at radius 3 is 3.11 bits per heavy atom. The van der Waals surface area contributed by atoms with Gasteiger partial charge in [0.1, 0.15) is 12.0 Å². The molecule has 2 N–H and O–H groups in total. The van der Waals surface area contributed by atoms with Crippen molar-refractivity contribution in [3.05, 3.63) is 28.4 Å². The van der Waals surface area contributed by atoms with Crippen LogP contribution in [0.2, 0.25) is 0 Å². The molecule has 0 aliphatic carbocycles. The zero-order valence-electron chi connectivity index (χ0n) is 9.96. The molecule has 1 aromatic heterocycles. The monoisotopic (exact) mass is 252 g/mol. The van der Waals surface area contributed by atoms with Gasteiger partial charge in [0.25, 0.3) is 5.69 Å². The number of nitro groups is 1. The molecule has 0 bridgehead atoms. The van der Waals surface area contributed by atoms with Crippen LogP contribution in [0.5, 0.6) is 0 Å². The Balaban J connectivity index is 1.74. The minimum Gasteiger partial charge on any atom is -0.379 e. The fourth-order valence-corrected chi connectivity index (χ4v) is 1.78. The van der Waals surface area contributed by atoms with Gasteiger partial charge in [0, 0.05) is 25.2 Å². The molecule has 1 atom stereocenters. The first-order valence-corrected chi connectivity index (χ1v) is 5.91. The van der Waals surface area contributed by atoms with Crippen molar-refractivity contribution in [1.29, 1.82) is 0 Å². The summed E-state index contributed by atoms with van der Waals surface area (Å²) in [4.78, 5) is 14.0. The van der Waals surface area contributed by atoms with E-state index in [-0.39, 0.29) is 5.69 Å². The molecule has 0 radical (unpaired) electrons. The second kappa shape index (κ2) is 6.27. The lowest BCUT2D eigenvalue weighted by atomic mass is 10.2. The van der Waals surface area contributed by atoms with E-state index in [0.717, 1.165) is 32.7 Å². The standard InChI is InChI=1S/C11H16N4O3/c16-15(17)10-1-2-11(14-7-10)13-4-3-9-8-18-6-5-12-9/h1-2,7,9,12H,3-6,8H2,(H,13,14). The fraction of sp³-hybridized carbons (Fsp3) is 0.545. The minimum atomic E-state index is -0.458. The van der Waals surface area contributed by atoms with Crippen LogP contribution in [0.4, 0.5) is 11.5 Å². The molecule has 1 aliphatic rings. The molecule has 0 saturated carbocycles. The number of morpholine rings is 1. The van der Waals surface area contributed by atoms with Gasteiger partial charge in [-0.05, 0) is 12.5 Å². The Bertz CT molecular complexity index is 390. The number of hydrogen-bond acceptors (Lipinski definition) is 6. The average Bonchev–Trinajstić information content (AvgIpc) is 2.40. The maximum Gasteiger partial charge on any atom is 0.287 e. The van der Waals surface area contributed by atoms with Crippen molar-refractivity contribution in [1.82, 2.24) is 10.3 Å². The molecule has 2 rings (SSSR count). The van der Waals surface area contributed by atoms with Crippen LogP contribution in [-0.4, -0.2) is 42.3 Å². The third-order valence-corrected chi connectivity index (χ3v) is 2.76. The largest absolute Gasteiger partial charge is 0.379 e. The lowest BCUT2D eigenvalue weighted by Gasteiger charge is -2.23. The van der Waals surface area contributed by atoms with Crippen molar-refractivity contribution in [2.24, 2.45) is 0 Å². The second-order valence-corrected chi connectivity index (χ2v) is 4.10. The normalized spacial score (nSPS) is 19.4. The molecule has 0 aromatic carbocycles. The van der Waals surface area contributed by atoms with E-state index in [9.17, 15) is 10.1 Å². The van der Waals surface area contributed by atoms with Crippen LogP contribution in [-0.2, 0) is 4.74 Å². The lowest BCUT2D eigenvalue weighted by Crippen LogP contribution is -2.42. The smallest absolute Gasteiger partial charge is 0.287 e. The van der Waals surface area contributed by atoms with E-state index < -0.39 is 4.92 Å². The van der Waals surface area contributed by atoms with Gasteiger partial charge < -0.3 is 15.4 Å². The maximum absolute atomic E-state index is 10.5. The molecule has 1 aliphatic heterocycles. The molecular weight excluding hydrogens is 236 g/mol. The molecule has 1 saturated heterocycles. The summed E-state index contributed by atoms with van der Waals surface area (Å²) >= 11 is 0. The van der Waals surface area contributed by atoms with E-state index in [2.05, 4.69) is 15.6 Å². The molecule has 0 amide bonds. The van der Waals surface area contributed by atoms with Gasteiger partial charge in [-0.1, -0.05) is 0 Å². The molecule has 18 heavy (non-hydrogen) atoms. The summed E-state index contributed by atoms with van der Waals surface area (Å²) in [6.07, 6.45) is 2.18. The van der Waals surface area contributed by atoms with Crippen LogP contribution >= 0.6 is 0 Å². The van der Waals surface area contributed by atoms with E-state index in [1.807, 2.05) is 0 Å². The highest BCUT2D eigenvalue weighted by Gasteiger charge is 2.12. The number of ether oxygens (including phenoxy) is 1. The predicted molar refractivity (Wildman–Crippen MR) is 66.6 cm³/mol. The van der Waals surface area contributed by atoms with Gasteiger partial charge in [-0.2, -0.15) is 0 Å². The van der Waals surface area contributed by atoms with Gasteiger partial charge in [-0.15, -0.1) is 0 Å². The number of aromatic nitrogens is 1. The summed E-state index contributed by atoms with van der Waals surface area (Å²) in [7, 11) is 0. The Hall–Kier alpha value is -1.73. The fourth-order valence-electron chi connectivity index (χ4n) is 1.78. The first-order valence-electron chi connectivity index (χ1n) is 5.91. The van der Waals surface area contributed by atoms with Crippen molar-refractivity contribution < 1.29 is 9.66 Å². The Morgan fingerprint density at radius 1 is 1.61 bits per heavy atom. The van der Waals surface area contributed by atoms with Gasteiger partial charge in [0.2, 0.25) is 0 Å². The number of nitrogens with one attached hydrogen (secondary N) is 2. The maximum atomic E-state index is 10.5. The number of pyridine rings is 1. The van der Waals surface area contributed by atoms with E-state index in [4.69, 9.17) is 4.74 Å². The van der Waals surface area contributed by atoms with Gasteiger partial charge >= 0.3 is 0 Å². The summed E-state index contributed by atoms with van der Waals surface area (Å²) in [5, 5.41) is 16.9. The summed E-state index contributed by atoms with van der Waals surface area (Å²) in [5.74, 6) is 0.650. The van der Waals surface area contributed by atoms with Crippen LogP contribution in [0.1, 0.15) is 6.42 Å². The molecular formula is C11H16N4O3. The summed E-state index contributed by atoms with van der Waals surface area (Å²) in [6.45, 7) is 3.15. The van der Waals surface area contributed by atoms with E-state index >= 15 is 0 Å². The van der Waals surface area contributed by atoms with E-state index in [1.54, 1.807) is 6.07 Å². The highest BCUT2D eigenvalue weighted by molar-refractivity contribution is 5.39. The number of anilines is 1. The third-order valence-electron chi connectivity index (χ3n) is 2.76. The predicted octanol–water partition coefficient (Wildman–Crippen LogP) is 0.780. The summed E-state index contributed by atoms with van der Waals surface area (Å²) in [5.41, 5.74) is 0.00268. The molecule has 1 unspecified atom stereocenters. The molecule has 1 fully saturated rings. The number of nitrogens with zero attached hydrogens (tertiary/aromatic N) is 2. The van der Waals surface area contributed by atoms with Crippen LogP contribution < -0.4 is 10.6 Å². The highest BCUT2D eigenvalue weighted by Crippen LogP contribution is 2.11. The second-order valence-electron chi connectivity index (χ2n) is 4.10. The van der Waals surface area contributed by atoms with Crippen molar-refractivity contribution >= 4 is 11.5 Å².